The fraction of sp³-hybridized carbons (Fsp3) is 0.818. The molecule has 19 heavy (non-hydrogen) atoms. The molecule has 0 aromatic carbocycles. The van der Waals surface area contributed by atoms with Crippen molar-refractivity contribution in [1.29, 1.82) is 0 Å². The molecule has 0 aliphatic carbocycles. The second kappa shape index (κ2) is 8.36. The van der Waals surface area contributed by atoms with Crippen LogP contribution >= 0.6 is 11.8 Å². The molecule has 1 heterocycles. The Bertz CT molecular complexity index is 315. The van der Waals surface area contributed by atoms with Crippen molar-refractivity contribution in [3.8, 4) is 0 Å². The third kappa shape index (κ3) is 5.77. The van der Waals surface area contributed by atoms with E-state index in [0.717, 1.165) is 18.2 Å². The number of aliphatic hydroxyl groups excluding tert-OH is 2. The van der Waals surface area contributed by atoms with Crippen molar-refractivity contribution in [2.45, 2.75) is 25.1 Å². The van der Waals surface area contributed by atoms with E-state index in [2.05, 4.69) is 5.32 Å². The number of hydrogen-bond donors (Lipinski definition) is 4. The van der Waals surface area contributed by atoms with E-state index in [0.29, 0.717) is 19.5 Å². The lowest BCUT2D eigenvalue weighted by Gasteiger charge is -2.25. The predicted octanol–water partition coefficient (Wildman–Crippen LogP) is -1.30. The highest BCUT2D eigenvalue weighted by Gasteiger charge is 2.30. The average Bonchev–Trinajstić information content (AvgIpc) is 2.70. The Hall–Kier alpha value is -0.830. The molecule has 1 aliphatic rings. The Morgan fingerprint density at radius 2 is 2.05 bits per heavy atom. The van der Waals surface area contributed by atoms with Crippen LogP contribution in [0.15, 0.2) is 0 Å². The number of carboxylic acid groups (broad SMARTS) is 1. The first kappa shape index (κ1) is 16.2. The monoisotopic (exact) mass is 292 g/mol. The molecule has 1 rings (SSSR count). The third-order valence-electron chi connectivity index (χ3n) is 2.97. The van der Waals surface area contributed by atoms with E-state index >= 15 is 0 Å². The first-order valence-electron chi connectivity index (χ1n) is 6.15. The van der Waals surface area contributed by atoms with Crippen molar-refractivity contribution >= 4 is 23.6 Å². The molecule has 110 valence electrons. The number of thioether (sulfide) groups is 1. The van der Waals surface area contributed by atoms with E-state index < -0.39 is 12.2 Å². The van der Waals surface area contributed by atoms with Crippen molar-refractivity contribution in [1.82, 2.24) is 10.2 Å². The van der Waals surface area contributed by atoms with E-state index in [-0.39, 0.29) is 30.1 Å². The highest BCUT2D eigenvalue weighted by atomic mass is 32.2. The van der Waals surface area contributed by atoms with Gasteiger partial charge in [0.05, 0.1) is 18.1 Å². The lowest BCUT2D eigenvalue weighted by molar-refractivity contribution is -0.133. The van der Waals surface area contributed by atoms with Crippen molar-refractivity contribution in [2.24, 2.45) is 0 Å². The Morgan fingerprint density at radius 1 is 1.32 bits per heavy atom. The highest BCUT2D eigenvalue weighted by Crippen LogP contribution is 2.21. The summed E-state index contributed by atoms with van der Waals surface area (Å²) in [6.07, 6.45) is 0.823. The van der Waals surface area contributed by atoms with Gasteiger partial charge in [0, 0.05) is 19.1 Å². The van der Waals surface area contributed by atoms with Gasteiger partial charge in [-0.25, -0.2) is 0 Å². The van der Waals surface area contributed by atoms with Gasteiger partial charge in [-0.1, -0.05) is 0 Å². The largest absolute Gasteiger partial charge is 0.481 e. The molecular formula is C11H20N2O5S. The van der Waals surface area contributed by atoms with Gasteiger partial charge in [-0.05, 0) is 12.8 Å². The molecular weight excluding hydrogens is 272 g/mol. The summed E-state index contributed by atoms with van der Waals surface area (Å²) < 4.78 is 0. The SMILES string of the molecule is O=C(O)CSCC(=O)NCCN1C(O)CC[C@@H]1CO. The topological polar surface area (TPSA) is 110 Å². The summed E-state index contributed by atoms with van der Waals surface area (Å²) >= 11 is 1.04. The highest BCUT2D eigenvalue weighted by molar-refractivity contribution is 8.00. The summed E-state index contributed by atoms with van der Waals surface area (Å²) in [5, 5.41) is 29.9. The number of nitrogens with one attached hydrogen (secondary N) is 1. The summed E-state index contributed by atoms with van der Waals surface area (Å²) in [5.41, 5.74) is 0. The van der Waals surface area contributed by atoms with Crippen LogP contribution < -0.4 is 5.32 Å². The van der Waals surface area contributed by atoms with E-state index in [1.165, 1.54) is 0 Å². The van der Waals surface area contributed by atoms with Crippen molar-refractivity contribution in [2.75, 3.05) is 31.2 Å². The summed E-state index contributed by atoms with van der Waals surface area (Å²) in [6, 6.07) is -0.0479. The van der Waals surface area contributed by atoms with Gasteiger partial charge in [0.25, 0.3) is 0 Å². The fourth-order valence-corrected chi connectivity index (χ4v) is 2.61. The van der Waals surface area contributed by atoms with Gasteiger partial charge in [-0.3, -0.25) is 14.5 Å². The molecule has 0 radical (unpaired) electrons. The molecule has 0 spiro atoms. The molecule has 1 fully saturated rings. The van der Waals surface area contributed by atoms with Gasteiger partial charge in [0.15, 0.2) is 0 Å². The average molecular weight is 292 g/mol. The number of likely N-dealkylation sites (tertiary alicyclic amines) is 1. The van der Waals surface area contributed by atoms with E-state index in [1.54, 1.807) is 4.90 Å². The van der Waals surface area contributed by atoms with Gasteiger partial charge in [-0.15, -0.1) is 11.8 Å². The van der Waals surface area contributed by atoms with Crippen molar-refractivity contribution < 1.29 is 24.9 Å². The molecule has 0 saturated carbocycles. The van der Waals surface area contributed by atoms with Crippen LogP contribution in [0.25, 0.3) is 0 Å². The van der Waals surface area contributed by atoms with Crippen molar-refractivity contribution in [3.63, 3.8) is 0 Å². The Kier molecular flexibility index (Phi) is 7.14. The molecule has 0 aromatic rings. The fourth-order valence-electron chi connectivity index (χ4n) is 2.05. The molecule has 7 nitrogen and oxygen atoms in total. The maximum Gasteiger partial charge on any atom is 0.313 e. The zero-order valence-corrected chi connectivity index (χ0v) is 11.4. The Morgan fingerprint density at radius 3 is 2.68 bits per heavy atom. The molecule has 1 aliphatic heterocycles. The first-order chi connectivity index (χ1) is 9.04. The normalized spacial score (nSPS) is 23.5. The smallest absolute Gasteiger partial charge is 0.313 e. The minimum absolute atomic E-state index is 0.000526. The predicted molar refractivity (Wildman–Crippen MR) is 70.8 cm³/mol. The molecule has 0 aromatic heterocycles. The van der Waals surface area contributed by atoms with Crippen LogP contribution in [0.2, 0.25) is 0 Å². The maximum atomic E-state index is 11.4. The number of carboxylic acids is 1. The van der Waals surface area contributed by atoms with Crippen LogP contribution in [0.3, 0.4) is 0 Å². The number of nitrogens with zero attached hydrogens (tertiary/aromatic N) is 1. The number of hydrogen-bond acceptors (Lipinski definition) is 6. The van der Waals surface area contributed by atoms with Gasteiger partial charge in [0.1, 0.15) is 6.23 Å². The number of aliphatic hydroxyl groups is 2. The van der Waals surface area contributed by atoms with E-state index in [9.17, 15) is 14.7 Å². The summed E-state index contributed by atoms with van der Waals surface area (Å²) in [7, 11) is 0. The Balaban J connectivity index is 2.15. The standard InChI is InChI=1S/C11H20N2O5S/c14-5-8-1-2-10(16)13(8)4-3-12-9(15)6-19-7-11(17)18/h8,10,14,16H,1-7H2,(H,12,15)(H,17,18)/t8-,10?/m1/s1. The van der Waals surface area contributed by atoms with Gasteiger partial charge in [-0.2, -0.15) is 0 Å². The van der Waals surface area contributed by atoms with E-state index in [4.69, 9.17) is 10.2 Å². The van der Waals surface area contributed by atoms with E-state index in [1.807, 2.05) is 0 Å². The van der Waals surface area contributed by atoms with Crippen LogP contribution in [0, 0.1) is 0 Å². The lowest BCUT2D eigenvalue weighted by atomic mass is 10.2. The molecule has 0 bridgehead atoms. The molecule has 1 amide bonds. The summed E-state index contributed by atoms with van der Waals surface area (Å²) in [5.74, 6) is -1.15. The van der Waals surface area contributed by atoms with Gasteiger partial charge < -0.3 is 20.6 Å². The van der Waals surface area contributed by atoms with Crippen molar-refractivity contribution in [3.05, 3.63) is 0 Å². The lowest BCUT2D eigenvalue weighted by Crippen LogP contribution is -2.43. The second-order valence-electron chi connectivity index (χ2n) is 4.37. The Labute approximate surface area is 116 Å². The zero-order valence-electron chi connectivity index (χ0n) is 10.6. The molecule has 2 atom stereocenters. The first-order valence-corrected chi connectivity index (χ1v) is 7.31. The van der Waals surface area contributed by atoms with Crippen LogP contribution in [0.5, 0.6) is 0 Å². The molecule has 1 saturated heterocycles. The summed E-state index contributed by atoms with van der Waals surface area (Å²) in [4.78, 5) is 23.4. The minimum atomic E-state index is -0.941. The molecule has 8 heteroatoms. The minimum Gasteiger partial charge on any atom is -0.481 e. The zero-order chi connectivity index (χ0) is 14.3. The van der Waals surface area contributed by atoms with Crippen LogP contribution in [0.1, 0.15) is 12.8 Å². The second-order valence-corrected chi connectivity index (χ2v) is 5.35. The van der Waals surface area contributed by atoms with Gasteiger partial charge in [0.2, 0.25) is 5.91 Å². The van der Waals surface area contributed by atoms with Crippen LogP contribution in [0.4, 0.5) is 0 Å². The number of amides is 1. The summed E-state index contributed by atoms with van der Waals surface area (Å²) in [6.45, 7) is 0.848. The quantitative estimate of drug-likeness (QED) is 0.440. The third-order valence-corrected chi connectivity index (χ3v) is 3.89. The number of carbonyl (C=O) groups is 2. The maximum absolute atomic E-state index is 11.4. The molecule has 4 N–H and O–H groups in total. The molecule has 1 unspecified atom stereocenters. The van der Waals surface area contributed by atoms with Crippen LogP contribution in [-0.2, 0) is 9.59 Å². The van der Waals surface area contributed by atoms with Crippen LogP contribution in [-0.4, -0.2) is 75.6 Å². The number of rotatable bonds is 8. The number of aliphatic carboxylic acids is 1. The van der Waals surface area contributed by atoms with Gasteiger partial charge >= 0.3 is 5.97 Å². The number of carbonyl (C=O) groups excluding carboxylic acids is 1.